The molecule has 0 radical (unpaired) electrons. The van der Waals surface area contributed by atoms with Crippen molar-refractivity contribution in [1.29, 1.82) is 0 Å². The second-order valence-corrected chi connectivity index (χ2v) is 4.57. The van der Waals surface area contributed by atoms with Crippen molar-refractivity contribution in [1.82, 2.24) is 4.98 Å². The zero-order valence-electron chi connectivity index (χ0n) is 9.03. The molecule has 2 unspecified atom stereocenters. The third-order valence-corrected chi connectivity index (χ3v) is 2.73. The summed E-state index contributed by atoms with van der Waals surface area (Å²) in [5.74, 6) is -0.545. The van der Waals surface area contributed by atoms with E-state index in [-0.39, 0.29) is 12.2 Å². The molecular weight excluding hydrogens is 214 g/mol. The van der Waals surface area contributed by atoms with Gasteiger partial charge in [0.25, 0.3) is 0 Å². The van der Waals surface area contributed by atoms with Gasteiger partial charge < -0.3 is 9.47 Å². The van der Waals surface area contributed by atoms with E-state index in [4.69, 9.17) is 21.1 Å². The maximum absolute atomic E-state index is 6.06. The van der Waals surface area contributed by atoms with Crippen molar-refractivity contribution in [2.45, 2.75) is 38.8 Å². The van der Waals surface area contributed by atoms with E-state index in [0.29, 0.717) is 5.02 Å². The van der Waals surface area contributed by atoms with Crippen LogP contribution in [0.1, 0.15) is 32.4 Å². The summed E-state index contributed by atoms with van der Waals surface area (Å²) in [6.45, 7) is 5.79. The lowest BCUT2D eigenvalue weighted by Gasteiger charge is -2.17. The van der Waals surface area contributed by atoms with Crippen molar-refractivity contribution in [2.24, 2.45) is 0 Å². The zero-order valence-corrected chi connectivity index (χ0v) is 9.78. The number of rotatable bonds is 1. The van der Waals surface area contributed by atoms with E-state index in [9.17, 15) is 0 Å². The van der Waals surface area contributed by atoms with E-state index >= 15 is 0 Å². The van der Waals surface area contributed by atoms with Crippen LogP contribution in [-0.2, 0) is 9.47 Å². The summed E-state index contributed by atoms with van der Waals surface area (Å²) in [6.07, 6.45) is 3.22. The molecule has 1 saturated heterocycles. The quantitative estimate of drug-likeness (QED) is 0.739. The van der Waals surface area contributed by atoms with E-state index in [2.05, 4.69) is 4.98 Å². The minimum Gasteiger partial charge on any atom is -0.344 e. The second kappa shape index (κ2) is 3.74. The minimum absolute atomic E-state index is 0.0000926. The number of aromatic nitrogens is 1. The highest BCUT2D eigenvalue weighted by Crippen LogP contribution is 2.39. The molecule has 1 aromatic rings. The van der Waals surface area contributed by atoms with Crippen molar-refractivity contribution < 1.29 is 9.47 Å². The molecule has 2 rings (SSSR count). The van der Waals surface area contributed by atoms with Gasteiger partial charge >= 0.3 is 0 Å². The van der Waals surface area contributed by atoms with Crippen LogP contribution in [0.25, 0.3) is 0 Å². The van der Waals surface area contributed by atoms with Gasteiger partial charge in [-0.25, -0.2) is 0 Å². The van der Waals surface area contributed by atoms with E-state index in [1.807, 2.05) is 26.8 Å². The number of halogens is 1. The molecule has 0 N–H and O–H groups in total. The maximum atomic E-state index is 6.06. The largest absolute Gasteiger partial charge is 0.344 e. The SMILES string of the molecule is CC1OC(C)(C)OC1c1ccncc1Cl. The lowest BCUT2D eigenvalue weighted by molar-refractivity contribution is -0.145. The molecule has 2 atom stereocenters. The Labute approximate surface area is 94.4 Å². The first-order valence-electron chi connectivity index (χ1n) is 4.95. The number of pyridine rings is 1. The van der Waals surface area contributed by atoms with Crippen LogP contribution in [0, 0.1) is 0 Å². The summed E-state index contributed by atoms with van der Waals surface area (Å²) in [4.78, 5) is 3.95. The van der Waals surface area contributed by atoms with Gasteiger partial charge in [0.15, 0.2) is 5.79 Å². The molecule has 0 saturated carbocycles. The van der Waals surface area contributed by atoms with Gasteiger partial charge in [-0.1, -0.05) is 11.6 Å². The Morgan fingerprint density at radius 2 is 2.13 bits per heavy atom. The van der Waals surface area contributed by atoms with Crippen molar-refractivity contribution in [3.8, 4) is 0 Å². The average molecular weight is 228 g/mol. The molecule has 82 valence electrons. The van der Waals surface area contributed by atoms with Gasteiger partial charge in [0.1, 0.15) is 6.10 Å². The summed E-state index contributed by atoms with van der Waals surface area (Å²) in [5, 5.41) is 0.621. The van der Waals surface area contributed by atoms with Crippen molar-refractivity contribution in [2.75, 3.05) is 0 Å². The first-order chi connectivity index (χ1) is 6.99. The summed E-state index contributed by atoms with van der Waals surface area (Å²) < 4.78 is 11.5. The van der Waals surface area contributed by atoms with Crippen LogP contribution in [0.5, 0.6) is 0 Å². The Balaban J connectivity index is 2.29. The summed E-state index contributed by atoms with van der Waals surface area (Å²) in [6, 6.07) is 1.87. The molecule has 0 aromatic carbocycles. The van der Waals surface area contributed by atoms with Gasteiger partial charge in [-0.2, -0.15) is 0 Å². The Bertz CT molecular complexity index is 367. The lowest BCUT2D eigenvalue weighted by atomic mass is 10.1. The smallest absolute Gasteiger partial charge is 0.164 e. The minimum atomic E-state index is -0.545. The third-order valence-electron chi connectivity index (χ3n) is 2.42. The van der Waals surface area contributed by atoms with Crippen molar-refractivity contribution in [3.63, 3.8) is 0 Å². The summed E-state index contributed by atoms with van der Waals surface area (Å²) in [7, 11) is 0. The van der Waals surface area contributed by atoms with Crippen molar-refractivity contribution >= 4 is 11.6 Å². The van der Waals surface area contributed by atoms with Crippen LogP contribution in [0.15, 0.2) is 18.5 Å². The van der Waals surface area contributed by atoms with Gasteiger partial charge in [0.05, 0.1) is 11.1 Å². The Hall–Kier alpha value is -0.640. The first-order valence-corrected chi connectivity index (χ1v) is 5.32. The monoisotopic (exact) mass is 227 g/mol. The molecule has 1 aliphatic rings. The van der Waals surface area contributed by atoms with Gasteiger partial charge in [0.2, 0.25) is 0 Å². The van der Waals surface area contributed by atoms with Crippen LogP contribution in [0.4, 0.5) is 0 Å². The first kappa shape index (κ1) is 10.9. The van der Waals surface area contributed by atoms with Gasteiger partial charge in [-0.05, 0) is 26.8 Å². The van der Waals surface area contributed by atoms with Gasteiger partial charge in [0, 0.05) is 18.0 Å². The molecule has 15 heavy (non-hydrogen) atoms. The Kier molecular flexibility index (Phi) is 2.71. The van der Waals surface area contributed by atoms with Crippen LogP contribution in [-0.4, -0.2) is 16.9 Å². The predicted molar refractivity (Wildman–Crippen MR) is 57.7 cm³/mol. The van der Waals surface area contributed by atoms with Crippen LogP contribution in [0.2, 0.25) is 5.02 Å². The van der Waals surface area contributed by atoms with Crippen LogP contribution in [0.3, 0.4) is 0 Å². The second-order valence-electron chi connectivity index (χ2n) is 4.16. The molecule has 0 amide bonds. The number of nitrogens with zero attached hydrogens (tertiary/aromatic N) is 1. The lowest BCUT2D eigenvalue weighted by Crippen LogP contribution is -2.20. The standard InChI is InChI=1S/C11H14ClNO2/c1-7-10(15-11(2,3)14-7)8-4-5-13-6-9(8)12/h4-7,10H,1-3H3. The highest BCUT2D eigenvalue weighted by Gasteiger charge is 2.40. The fourth-order valence-electron chi connectivity index (χ4n) is 1.87. The third kappa shape index (κ3) is 2.14. The molecule has 0 spiro atoms. The molecule has 1 fully saturated rings. The predicted octanol–water partition coefficient (Wildman–Crippen LogP) is 2.95. The van der Waals surface area contributed by atoms with E-state index in [0.717, 1.165) is 5.56 Å². The summed E-state index contributed by atoms with van der Waals surface area (Å²) >= 11 is 6.06. The molecule has 1 aliphatic heterocycles. The van der Waals surface area contributed by atoms with Crippen molar-refractivity contribution in [3.05, 3.63) is 29.0 Å². The fourth-order valence-corrected chi connectivity index (χ4v) is 2.10. The highest BCUT2D eigenvalue weighted by atomic mass is 35.5. The molecular formula is C11H14ClNO2. The number of hydrogen-bond acceptors (Lipinski definition) is 3. The Morgan fingerprint density at radius 3 is 2.67 bits per heavy atom. The van der Waals surface area contributed by atoms with E-state index in [1.165, 1.54) is 0 Å². The molecule has 1 aromatic heterocycles. The average Bonchev–Trinajstić information content (AvgIpc) is 2.40. The van der Waals surface area contributed by atoms with E-state index in [1.54, 1.807) is 12.4 Å². The molecule has 0 bridgehead atoms. The van der Waals surface area contributed by atoms with E-state index < -0.39 is 5.79 Å². The molecule has 4 heteroatoms. The highest BCUT2D eigenvalue weighted by molar-refractivity contribution is 6.31. The van der Waals surface area contributed by atoms with Gasteiger partial charge in [-0.15, -0.1) is 0 Å². The van der Waals surface area contributed by atoms with Crippen LogP contribution >= 0.6 is 11.6 Å². The molecule has 2 heterocycles. The van der Waals surface area contributed by atoms with Gasteiger partial charge in [-0.3, -0.25) is 4.98 Å². The number of ether oxygens (including phenoxy) is 2. The van der Waals surface area contributed by atoms with Crippen LogP contribution < -0.4 is 0 Å². The maximum Gasteiger partial charge on any atom is 0.164 e. The fraction of sp³-hybridized carbons (Fsp3) is 0.545. The zero-order chi connectivity index (χ0) is 11.1. The Morgan fingerprint density at radius 1 is 1.40 bits per heavy atom. The molecule has 0 aliphatic carbocycles. The topological polar surface area (TPSA) is 31.4 Å². The summed E-state index contributed by atoms with van der Waals surface area (Å²) in [5.41, 5.74) is 0.935. The molecule has 3 nitrogen and oxygen atoms in total. The normalized spacial score (nSPS) is 29.3. The number of hydrogen-bond donors (Lipinski definition) is 0.